The third kappa shape index (κ3) is 5.39. The number of para-hydroxylation sites is 3. The molecule has 0 aliphatic carbocycles. The molecule has 0 aliphatic rings. The lowest BCUT2D eigenvalue weighted by atomic mass is 9.94. The smallest absolute Gasteiger partial charge is 0.161 e. The predicted octanol–water partition coefficient (Wildman–Crippen LogP) is 14.3. The lowest BCUT2D eigenvalue weighted by Gasteiger charge is -2.14. The molecule has 4 heteroatoms. The number of rotatable bonds is 6. The summed E-state index contributed by atoms with van der Waals surface area (Å²) in [7, 11) is 0. The van der Waals surface area contributed by atoms with Crippen LogP contribution in [0, 0.1) is 0 Å². The van der Waals surface area contributed by atoms with Gasteiger partial charge in [0.15, 0.2) is 5.82 Å². The van der Waals surface area contributed by atoms with Crippen molar-refractivity contribution in [2.45, 2.75) is 0 Å². The van der Waals surface area contributed by atoms with Gasteiger partial charge in [-0.1, -0.05) is 146 Å². The molecule has 0 N–H and O–H groups in total. The molecule has 3 aromatic heterocycles. The number of fused-ring (bicyclic) bond motifs is 6. The third-order valence-electron chi connectivity index (χ3n) is 10.7. The van der Waals surface area contributed by atoms with Crippen molar-refractivity contribution in [3.8, 4) is 67.3 Å². The number of furan rings is 2. The van der Waals surface area contributed by atoms with Crippen LogP contribution in [0.5, 0.6) is 0 Å². The summed E-state index contributed by atoms with van der Waals surface area (Å²) in [6.45, 7) is 0. The molecule has 11 rings (SSSR count). The molecule has 0 atom stereocenters. The topological polar surface area (TPSA) is 52.1 Å². The highest BCUT2D eigenvalue weighted by atomic mass is 16.3. The molecule has 11 aromatic rings. The maximum atomic E-state index is 6.79. The second kappa shape index (κ2) is 13.1. The maximum absolute atomic E-state index is 6.79. The van der Waals surface area contributed by atoms with Crippen LogP contribution in [0.2, 0.25) is 0 Å². The normalized spacial score (nSPS) is 11.6. The first-order valence-electron chi connectivity index (χ1n) is 18.8. The maximum Gasteiger partial charge on any atom is 0.161 e. The van der Waals surface area contributed by atoms with Gasteiger partial charge in [0.25, 0.3) is 0 Å². The Morgan fingerprint density at radius 2 is 0.786 bits per heavy atom. The lowest BCUT2D eigenvalue weighted by Crippen LogP contribution is -1.97. The lowest BCUT2D eigenvalue weighted by molar-refractivity contribution is 0.665. The van der Waals surface area contributed by atoms with Gasteiger partial charge in [0.2, 0.25) is 0 Å². The molecule has 0 saturated heterocycles. The van der Waals surface area contributed by atoms with Gasteiger partial charge in [0.05, 0.1) is 11.4 Å². The number of benzene rings is 8. The van der Waals surface area contributed by atoms with Gasteiger partial charge >= 0.3 is 0 Å². The van der Waals surface area contributed by atoms with E-state index in [9.17, 15) is 0 Å². The Bertz CT molecular complexity index is 3180. The summed E-state index contributed by atoms with van der Waals surface area (Å²) >= 11 is 0. The molecule has 8 aromatic carbocycles. The second-order valence-electron chi connectivity index (χ2n) is 14.1. The number of hydrogen-bond acceptors (Lipinski definition) is 4. The van der Waals surface area contributed by atoms with E-state index in [1.807, 2.05) is 30.3 Å². The minimum atomic E-state index is 0.623. The molecule has 0 radical (unpaired) electrons. The molecule has 0 saturated carbocycles. The quantitative estimate of drug-likeness (QED) is 0.172. The molecule has 3 heterocycles. The third-order valence-corrected chi connectivity index (χ3v) is 10.7. The molecule has 0 bridgehead atoms. The van der Waals surface area contributed by atoms with Crippen molar-refractivity contribution < 1.29 is 8.83 Å². The Labute approximate surface area is 323 Å². The van der Waals surface area contributed by atoms with Crippen molar-refractivity contribution in [1.29, 1.82) is 0 Å². The van der Waals surface area contributed by atoms with E-state index in [1.54, 1.807) is 0 Å². The molecule has 0 unspecified atom stereocenters. The first-order valence-corrected chi connectivity index (χ1v) is 18.8. The van der Waals surface area contributed by atoms with Gasteiger partial charge < -0.3 is 8.83 Å². The van der Waals surface area contributed by atoms with Crippen LogP contribution in [0.15, 0.2) is 203 Å². The molecule has 56 heavy (non-hydrogen) atoms. The summed E-state index contributed by atoms with van der Waals surface area (Å²) in [4.78, 5) is 10.7. The number of aromatic nitrogens is 2. The molecule has 0 fully saturated rings. The van der Waals surface area contributed by atoms with Crippen LogP contribution in [0.3, 0.4) is 0 Å². The highest BCUT2D eigenvalue weighted by Gasteiger charge is 2.22. The highest BCUT2D eigenvalue weighted by Crippen LogP contribution is 2.45. The standard InChI is InChI=1S/C52H32N2O2/c1-4-15-33(16-5-1)36-29-37(34-17-6-2-7-18-34)31-38(30-36)46-32-45(35-19-8-3-9-20-35)53-52(54-46)44-28-27-42(51-49(44)43-22-11-13-26-48(43)56-51)41-24-14-23-40-39-21-10-12-25-47(39)55-50(40)41/h1-32H. The Morgan fingerprint density at radius 1 is 0.304 bits per heavy atom. The van der Waals surface area contributed by atoms with Crippen LogP contribution in [0.4, 0.5) is 0 Å². The summed E-state index contributed by atoms with van der Waals surface area (Å²) in [6, 6.07) is 67.2. The highest BCUT2D eigenvalue weighted by molar-refractivity contribution is 6.18. The Morgan fingerprint density at radius 3 is 1.46 bits per heavy atom. The van der Waals surface area contributed by atoms with E-state index >= 15 is 0 Å². The zero-order chi connectivity index (χ0) is 37.0. The summed E-state index contributed by atoms with van der Waals surface area (Å²) in [5.74, 6) is 0.623. The van der Waals surface area contributed by atoms with Gasteiger partial charge in [-0.05, 0) is 70.8 Å². The van der Waals surface area contributed by atoms with E-state index < -0.39 is 0 Å². The predicted molar refractivity (Wildman–Crippen MR) is 229 cm³/mol. The van der Waals surface area contributed by atoms with E-state index in [0.29, 0.717) is 5.82 Å². The molecule has 0 amide bonds. The fourth-order valence-electron chi connectivity index (χ4n) is 8.03. The number of nitrogens with zero attached hydrogens (tertiary/aromatic N) is 2. The van der Waals surface area contributed by atoms with E-state index in [1.165, 1.54) is 0 Å². The Balaban J connectivity index is 1.17. The second-order valence-corrected chi connectivity index (χ2v) is 14.1. The van der Waals surface area contributed by atoms with Crippen LogP contribution in [-0.2, 0) is 0 Å². The van der Waals surface area contributed by atoms with Crippen LogP contribution in [0.1, 0.15) is 0 Å². The van der Waals surface area contributed by atoms with E-state index in [-0.39, 0.29) is 0 Å². The van der Waals surface area contributed by atoms with Crippen LogP contribution < -0.4 is 0 Å². The van der Waals surface area contributed by atoms with Crippen molar-refractivity contribution >= 4 is 43.9 Å². The van der Waals surface area contributed by atoms with Crippen molar-refractivity contribution in [3.63, 3.8) is 0 Å². The van der Waals surface area contributed by atoms with E-state index in [2.05, 4.69) is 164 Å². The Kier molecular flexibility index (Phi) is 7.46. The SMILES string of the molecule is c1ccc(-c2cc(-c3ccccc3)cc(-c3cc(-c4ccccc4)nc(-c4ccc(-c5cccc6c5oc5ccccc56)c5oc6ccccc6c45)n3)c2)cc1. The minimum absolute atomic E-state index is 0.623. The number of hydrogen-bond donors (Lipinski definition) is 0. The molecular weight excluding hydrogens is 685 g/mol. The first kappa shape index (κ1) is 31.9. The summed E-state index contributed by atoms with van der Waals surface area (Å²) in [5.41, 5.74) is 14.3. The van der Waals surface area contributed by atoms with E-state index in [0.717, 1.165) is 105 Å². The monoisotopic (exact) mass is 716 g/mol. The van der Waals surface area contributed by atoms with E-state index in [4.69, 9.17) is 18.8 Å². The fraction of sp³-hybridized carbons (Fsp3) is 0. The van der Waals surface area contributed by atoms with Gasteiger partial charge in [-0.15, -0.1) is 0 Å². The molecule has 4 nitrogen and oxygen atoms in total. The summed E-state index contributed by atoms with van der Waals surface area (Å²) in [5, 5.41) is 4.13. The zero-order valence-corrected chi connectivity index (χ0v) is 30.2. The fourth-order valence-corrected chi connectivity index (χ4v) is 8.03. The van der Waals surface area contributed by atoms with Crippen LogP contribution in [-0.4, -0.2) is 9.97 Å². The molecular formula is C52H32N2O2. The van der Waals surface area contributed by atoms with Gasteiger partial charge in [-0.3, -0.25) is 0 Å². The zero-order valence-electron chi connectivity index (χ0n) is 30.2. The Hall–Kier alpha value is -7.56. The van der Waals surface area contributed by atoms with Crippen molar-refractivity contribution in [2.24, 2.45) is 0 Å². The average molecular weight is 717 g/mol. The first-order chi connectivity index (χ1) is 27.7. The van der Waals surface area contributed by atoms with Gasteiger partial charge in [-0.25, -0.2) is 9.97 Å². The molecule has 0 aliphatic heterocycles. The minimum Gasteiger partial charge on any atom is -0.455 e. The van der Waals surface area contributed by atoms with Crippen molar-refractivity contribution in [2.75, 3.05) is 0 Å². The average Bonchev–Trinajstić information content (AvgIpc) is 3.86. The van der Waals surface area contributed by atoms with Crippen molar-refractivity contribution in [1.82, 2.24) is 9.97 Å². The molecule has 0 spiro atoms. The van der Waals surface area contributed by atoms with Crippen LogP contribution in [0.25, 0.3) is 111 Å². The van der Waals surface area contributed by atoms with Gasteiger partial charge in [0, 0.05) is 49.4 Å². The summed E-state index contributed by atoms with van der Waals surface area (Å²) in [6.07, 6.45) is 0. The van der Waals surface area contributed by atoms with Gasteiger partial charge in [0.1, 0.15) is 22.3 Å². The largest absolute Gasteiger partial charge is 0.455 e. The summed E-state index contributed by atoms with van der Waals surface area (Å²) < 4.78 is 13.3. The van der Waals surface area contributed by atoms with Crippen LogP contribution >= 0.6 is 0 Å². The molecule has 262 valence electrons. The van der Waals surface area contributed by atoms with Gasteiger partial charge in [-0.2, -0.15) is 0 Å². The van der Waals surface area contributed by atoms with Crippen molar-refractivity contribution in [3.05, 3.63) is 194 Å².